The molecule has 1 aliphatic carbocycles. The van der Waals surface area contributed by atoms with Crippen molar-refractivity contribution in [2.75, 3.05) is 7.11 Å². The standard InChI is InChI=1S/C15H22O2/c1-17-11-13-8-4-5-9-14(13)15(16)10-12-6-2-3-7-12/h4-5,8-9,12,15-16H,2-3,6-7,10-11H2,1H3. The zero-order chi connectivity index (χ0) is 12.1. The highest BCUT2D eigenvalue weighted by atomic mass is 16.5. The maximum atomic E-state index is 10.3. The maximum absolute atomic E-state index is 10.3. The molecule has 1 aromatic rings. The quantitative estimate of drug-likeness (QED) is 0.845. The van der Waals surface area contributed by atoms with Gasteiger partial charge in [-0.15, -0.1) is 0 Å². The van der Waals surface area contributed by atoms with Crippen LogP contribution in [0, 0.1) is 5.92 Å². The summed E-state index contributed by atoms with van der Waals surface area (Å²) in [5.74, 6) is 0.709. The van der Waals surface area contributed by atoms with Gasteiger partial charge in [-0.25, -0.2) is 0 Å². The second-order valence-corrected chi connectivity index (χ2v) is 5.03. The van der Waals surface area contributed by atoms with Gasteiger partial charge in [0.15, 0.2) is 0 Å². The summed E-state index contributed by atoms with van der Waals surface area (Å²) in [4.78, 5) is 0. The highest BCUT2D eigenvalue weighted by molar-refractivity contribution is 5.28. The van der Waals surface area contributed by atoms with Crippen molar-refractivity contribution < 1.29 is 9.84 Å². The molecule has 0 aromatic heterocycles. The minimum Gasteiger partial charge on any atom is -0.388 e. The lowest BCUT2D eigenvalue weighted by Gasteiger charge is -2.18. The Kier molecular flexibility index (Phi) is 4.57. The van der Waals surface area contributed by atoms with E-state index in [0.717, 1.165) is 17.5 Å². The maximum Gasteiger partial charge on any atom is 0.0796 e. The lowest BCUT2D eigenvalue weighted by Crippen LogP contribution is -2.07. The van der Waals surface area contributed by atoms with E-state index >= 15 is 0 Å². The van der Waals surface area contributed by atoms with Gasteiger partial charge in [-0.2, -0.15) is 0 Å². The van der Waals surface area contributed by atoms with Crippen LogP contribution in [-0.2, 0) is 11.3 Å². The third-order valence-electron chi connectivity index (χ3n) is 3.75. The average Bonchev–Trinajstić information content (AvgIpc) is 2.83. The Hall–Kier alpha value is -0.860. The number of rotatable bonds is 5. The van der Waals surface area contributed by atoms with Crippen molar-refractivity contribution in [3.63, 3.8) is 0 Å². The van der Waals surface area contributed by atoms with Gasteiger partial charge in [0.05, 0.1) is 12.7 Å². The van der Waals surface area contributed by atoms with Gasteiger partial charge in [0.2, 0.25) is 0 Å². The van der Waals surface area contributed by atoms with Crippen molar-refractivity contribution in [3.8, 4) is 0 Å². The first-order valence-electron chi connectivity index (χ1n) is 6.56. The van der Waals surface area contributed by atoms with E-state index in [-0.39, 0.29) is 6.10 Å². The van der Waals surface area contributed by atoms with Crippen LogP contribution >= 0.6 is 0 Å². The lowest BCUT2D eigenvalue weighted by molar-refractivity contribution is 0.137. The lowest BCUT2D eigenvalue weighted by atomic mass is 9.93. The molecule has 0 heterocycles. The second kappa shape index (κ2) is 6.18. The van der Waals surface area contributed by atoms with Gasteiger partial charge < -0.3 is 9.84 Å². The SMILES string of the molecule is COCc1ccccc1C(O)CC1CCCC1. The molecule has 1 unspecified atom stereocenters. The van der Waals surface area contributed by atoms with Crippen LogP contribution in [-0.4, -0.2) is 12.2 Å². The zero-order valence-electron chi connectivity index (χ0n) is 10.6. The largest absolute Gasteiger partial charge is 0.388 e. The van der Waals surface area contributed by atoms with E-state index in [1.165, 1.54) is 25.7 Å². The summed E-state index contributed by atoms with van der Waals surface area (Å²) >= 11 is 0. The molecule has 2 heteroatoms. The number of hydrogen-bond donors (Lipinski definition) is 1. The molecule has 0 spiro atoms. The van der Waals surface area contributed by atoms with Crippen LogP contribution in [0.3, 0.4) is 0 Å². The van der Waals surface area contributed by atoms with Crippen molar-refractivity contribution in [1.82, 2.24) is 0 Å². The normalized spacial score (nSPS) is 18.5. The van der Waals surface area contributed by atoms with Crippen LogP contribution < -0.4 is 0 Å². The minimum atomic E-state index is -0.329. The molecule has 1 atom stereocenters. The van der Waals surface area contributed by atoms with E-state index in [1.807, 2.05) is 24.3 Å². The molecule has 1 aliphatic rings. The molecule has 2 nitrogen and oxygen atoms in total. The molecule has 2 rings (SSSR count). The first-order valence-corrected chi connectivity index (χ1v) is 6.56. The molecule has 1 fully saturated rings. The molecule has 0 aliphatic heterocycles. The van der Waals surface area contributed by atoms with Crippen LogP contribution in [0.2, 0.25) is 0 Å². The summed E-state index contributed by atoms with van der Waals surface area (Å²) in [6, 6.07) is 8.05. The monoisotopic (exact) mass is 234 g/mol. The third kappa shape index (κ3) is 3.30. The Morgan fingerprint density at radius 3 is 2.71 bits per heavy atom. The molecule has 1 N–H and O–H groups in total. The highest BCUT2D eigenvalue weighted by Gasteiger charge is 2.21. The molecular formula is C15H22O2. The van der Waals surface area contributed by atoms with Gasteiger partial charge in [0, 0.05) is 7.11 Å². The zero-order valence-corrected chi connectivity index (χ0v) is 10.6. The summed E-state index contributed by atoms with van der Waals surface area (Å²) in [6.07, 6.45) is 5.80. The molecule has 0 amide bonds. The van der Waals surface area contributed by atoms with E-state index in [4.69, 9.17) is 4.74 Å². The summed E-state index contributed by atoms with van der Waals surface area (Å²) in [7, 11) is 1.69. The Morgan fingerprint density at radius 2 is 2.00 bits per heavy atom. The number of methoxy groups -OCH3 is 1. The Labute approximate surface area is 104 Å². The fraction of sp³-hybridized carbons (Fsp3) is 0.600. The first-order chi connectivity index (χ1) is 8.31. The van der Waals surface area contributed by atoms with Gasteiger partial charge in [-0.3, -0.25) is 0 Å². The van der Waals surface area contributed by atoms with Crippen LogP contribution in [0.4, 0.5) is 0 Å². The summed E-state index contributed by atoms with van der Waals surface area (Å²) < 4.78 is 5.18. The predicted molar refractivity (Wildman–Crippen MR) is 68.7 cm³/mol. The van der Waals surface area contributed by atoms with E-state index in [1.54, 1.807) is 7.11 Å². The number of hydrogen-bond acceptors (Lipinski definition) is 2. The Bertz CT molecular complexity index is 343. The minimum absolute atomic E-state index is 0.329. The molecule has 0 bridgehead atoms. The molecule has 1 saturated carbocycles. The fourth-order valence-electron chi connectivity index (χ4n) is 2.83. The van der Waals surface area contributed by atoms with Gasteiger partial charge >= 0.3 is 0 Å². The number of ether oxygens (including phenoxy) is 1. The third-order valence-corrected chi connectivity index (χ3v) is 3.75. The van der Waals surface area contributed by atoms with Gasteiger partial charge in [0.1, 0.15) is 0 Å². The van der Waals surface area contributed by atoms with Crippen LogP contribution in [0.15, 0.2) is 24.3 Å². The highest BCUT2D eigenvalue weighted by Crippen LogP contribution is 2.33. The van der Waals surface area contributed by atoms with E-state index in [0.29, 0.717) is 12.5 Å². The van der Waals surface area contributed by atoms with Crippen LogP contribution in [0.1, 0.15) is 49.3 Å². The number of aliphatic hydroxyl groups is 1. The van der Waals surface area contributed by atoms with Crippen molar-refractivity contribution in [3.05, 3.63) is 35.4 Å². The van der Waals surface area contributed by atoms with Crippen molar-refractivity contribution in [2.24, 2.45) is 5.92 Å². The Morgan fingerprint density at radius 1 is 1.29 bits per heavy atom. The molecule has 0 radical (unpaired) electrons. The topological polar surface area (TPSA) is 29.5 Å². The number of aliphatic hydroxyl groups excluding tert-OH is 1. The second-order valence-electron chi connectivity index (χ2n) is 5.03. The van der Waals surface area contributed by atoms with E-state index < -0.39 is 0 Å². The average molecular weight is 234 g/mol. The predicted octanol–water partition coefficient (Wildman–Crippen LogP) is 3.45. The molecule has 94 valence electrons. The molecule has 17 heavy (non-hydrogen) atoms. The Balaban J connectivity index is 2.03. The van der Waals surface area contributed by atoms with Crippen molar-refractivity contribution in [1.29, 1.82) is 0 Å². The van der Waals surface area contributed by atoms with Gasteiger partial charge in [0.25, 0.3) is 0 Å². The van der Waals surface area contributed by atoms with Crippen LogP contribution in [0.25, 0.3) is 0 Å². The number of benzene rings is 1. The summed E-state index contributed by atoms with van der Waals surface area (Å²) in [5.41, 5.74) is 2.15. The van der Waals surface area contributed by atoms with Crippen molar-refractivity contribution >= 4 is 0 Å². The van der Waals surface area contributed by atoms with E-state index in [2.05, 4.69) is 0 Å². The van der Waals surface area contributed by atoms with Crippen molar-refractivity contribution in [2.45, 2.75) is 44.8 Å². The summed E-state index contributed by atoms with van der Waals surface area (Å²) in [5, 5.41) is 10.3. The molecular weight excluding hydrogens is 212 g/mol. The summed E-state index contributed by atoms with van der Waals surface area (Å²) in [6.45, 7) is 0.581. The van der Waals surface area contributed by atoms with E-state index in [9.17, 15) is 5.11 Å². The first kappa shape index (κ1) is 12.6. The van der Waals surface area contributed by atoms with Gasteiger partial charge in [-0.05, 0) is 23.5 Å². The molecule has 1 aromatic carbocycles. The smallest absolute Gasteiger partial charge is 0.0796 e. The van der Waals surface area contributed by atoms with Crippen LogP contribution in [0.5, 0.6) is 0 Å². The van der Waals surface area contributed by atoms with Gasteiger partial charge in [-0.1, -0.05) is 49.9 Å². The molecule has 0 saturated heterocycles. The fourth-order valence-corrected chi connectivity index (χ4v) is 2.83.